The van der Waals surface area contributed by atoms with Gasteiger partial charge in [-0.1, -0.05) is 11.3 Å². The van der Waals surface area contributed by atoms with Crippen molar-refractivity contribution >= 4 is 42.1 Å². The van der Waals surface area contributed by atoms with E-state index < -0.39 is 9.05 Å². The summed E-state index contributed by atoms with van der Waals surface area (Å²) in [5.74, 6) is -0.384. The third-order valence-corrected chi connectivity index (χ3v) is 6.18. The molecule has 0 saturated carbocycles. The first-order valence-corrected chi connectivity index (χ1v) is 8.97. The number of halogens is 1. The zero-order chi connectivity index (χ0) is 15.9. The predicted octanol–water partition coefficient (Wildman–Crippen LogP) is 1.98. The second-order valence-electron chi connectivity index (χ2n) is 4.45. The van der Waals surface area contributed by atoms with E-state index >= 15 is 0 Å². The van der Waals surface area contributed by atoms with Gasteiger partial charge in [0.05, 0.1) is 17.0 Å². The van der Waals surface area contributed by atoms with Crippen LogP contribution in [0.2, 0.25) is 0 Å². The second kappa shape index (κ2) is 5.39. The molecule has 21 heavy (non-hydrogen) atoms. The molecule has 0 spiro atoms. The maximum absolute atomic E-state index is 12.3. The summed E-state index contributed by atoms with van der Waals surface area (Å²) in [5.41, 5.74) is 2.00. The molecule has 0 atom stereocenters. The highest BCUT2D eigenvalue weighted by atomic mass is 35.7. The molecule has 1 amide bonds. The Balaban J connectivity index is 2.33. The third kappa shape index (κ3) is 3.09. The van der Waals surface area contributed by atoms with Crippen molar-refractivity contribution < 1.29 is 13.2 Å². The molecule has 0 bridgehead atoms. The lowest BCUT2D eigenvalue weighted by atomic mass is 10.2. The lowest BCUT2D eigenvalue weighted by molar-refractivity contribution is 0.102. The van der Waals surface area contributed by atoms with Gasteiger partial charge in [0.25, 0.3) is 15.0 Å². The molecule has 0 aliphatic carbocycles. The number of hydrogen-bond donors (Lipinski definition) is 1. The van der Waals surface area contributed by atoms with Crippen LogP contribution in [-0.2, 0) is 16.1 Å². The maximum Gasteiger partial charge on any atom is 0.272 e. The highest BCUT2D eigenvalue weighted by Crippen LogP contribution is 2.30. The quantitative estimate of drug-likeness (QED) is 0.856. The number of anilines is 1. The number of thiazole rings is 1. The summed E-state index contributed by atoms with van der Waals surface area (Å²) in [4.78, 5) is 16.3. The number of nitrogens with one attached hydrogen (secondary N) is 1. The van der Waals surface area contributed by atoms with Crippen LogP contribution < -0.4 is 5.32 Å². The van der Waals surface area contributed by atoms with Gasteiger partial charge in [0.2, 0.25) is 0 Å². The first kappa shape index (κ1) is 15.9. The molecule has 2 aromatic heterocycles. The average molecular weight is 349 g/mol. The summed E-state index contributed by atoms with van der Waals surface area (Å²) in [6.07, 6.45) is 0. The number of nitrogens with zero attached hydrogens (tertiary/aromatic N) is 3. The number of aryl methyl sites for hydroxylation is 3. The van der Waals surface area contributed by atoms with Crippen molar-refractivity contribution in [1.29, 1.82) is 0 Å². The van der Waals surface area contributed by atoms with E-state index in [-0.39, 0.29) is 20.9 Å². The number of aromatic nitrogens is 3. The molecule has 2 aromatic rings. The molecule has 0 saturated heterocycles. The van der Waals surface area contributed by atoms with Crippen LogP contribution in [0.25, 0.3) is 0 Å². The van der Waals surface area contributed by atoms with Crippen molar-refractivity contribution in [2.24, 2.45) is 7.05 Å². The molecule has 0 radical (unpaired) electrons. The Morgan fingerprint density at radius 3 is 2.33 bits per heavy atom. The number of carbonyl (C=O) groups excluding carboxylic acids is 1. The molecule has 10 heteroatoms. The van der Waals surface area contributed by atoms with Gasteiger partial charge < -0.3 is 0 Å². The summed E-state index contributed by atoms with van der Waals surface area (Å²) < 4.78 is 24.2. The third-order valence-electron chi connectivity index (χ3n) is 2.93. The molecule has 0 aliphatic rings. The highest BCUT2D eigenvalue weighted by molar-refractivity contribution is 8.15. The standard InChI is InChI=1S/C11H13ClN4O3S2/c1-5-8(7(3)16(4)15-5)9(17)14-11-13-6(2)10(20-11)21(12,18)19/h1-4H3,(H,13,14,17). The van der Waals surface area contributed by atoms with E-state index in [1.54, 1.807) is 25.6 Å². The molecular weight excluding hydrogens is 336 g/mol. The van der Waals surface area contributed by atoms with E-state index in [1.165, 1.54) is 6.92 Å². The molecule has 1 N–H and O–H groups in total. The topological polar surface area (TPSA) is 93.9 Å². The fourth-order valence-electron chi connectivity index (χ4n) is 1.92. The zero-order valence-electron chi connectivity index (χ0n) is 11.8. The van der Waals surface area contributed by atoms with E-state index in [2.05, 4.69) is 15.4 Å². The van der Waals surface area contributed by atoms with Gasteiger partial charge in [0.1, 0.15) is 0 Å². The van der Waals surface area contributed by atoms with Crippen molar-refractivity contribution in [3.8, 4) is 0 Å². The van der Waals surface area contributed by atoms with E-state index in [1.807, 2.05) is 0 Å². The van der Waals surface area contributed by atoms with E-state index in [0.29, 0.717) is 17.0 Å². The summed E-state index contributed by atoms with van der Waals surface area (Å²) in [5, 5.41) is 6.92. The monoisotopic (exact) mass is 348 g/mol. The van der Waals surface area contributed by atoms with Crippen LogP contribution in [0.5, 0.6) is 0 Å². The maximum atomic E-state index is 12.3. The van der Waals surface area contributed by atoms with Crippen LogP contribution in [0, 0.1) is 20.8 Å². The average Bonchev–Trinajstić information content (AvgIpc) is 2.80. The molecule has 0 unspecified atom stereocenters. The second-order valence-corrected chi connectivity index (χ2v) is 8.21. The van der Waals surface area contributed by atoms with Crippen LogP contribution >= 0.6 is 22.0 Å². The molecule has 114 valence electrons. The SMILES string of the molecule is Cc1nc(NC(=O)c2c(C)nn(C)c2C)sc1S(=O)(=O)Cl. The van der Waals surface area contributed by atoms with E-state index in [0.717, 1.165) is 11.3 Å². The summed E-state index contributed by atoms with van der Waals surface area (Å²) in [7, 11) is 3.18. The molecule has 2 heterocycles. The normalized spacial score (nSPS) is 11.7. The van der Waals surface area contributed by atoms with Crippen molar-refractivity contribution in [2.45, 2.75) is 25.0 Å². The predicted molar refractivity (Wildman–Crippen MR) is 80.5 cm³/mol. The van der Waals surface area contributed by atoms with Gasteiger partial charge in [-0.2, -0.15) is 5.10 Å². The minimum atomic E-state index is -3.86. The number of hydrogen-bond acceptors (Lipinski definition) is 6. The first-order valence-electron chi connectivity index (χ1n) is 5.85. The van der Waals surface area contributed by atoms with Gasteiger partial charge in [-0.15, -0.1) is 0 Å². The minimum Gasteiger partial charge on any atom is -0.298 e. The number of carbonyl (C=O) groups is 1. The number of amides is 1. The molecule has 0 fully saturated rings. The van der Waals surface area contributed by atoms with Crippen LogP contribution in [0.1, 0.15) is 27.4 Å². The van der Waals surface area contributed by atoms with Crippen molar-refractivity contribution in [1.82, 2.24) is 14.8 Å². The molecule has 0 aromatic carbocycles. The Morgan fingerprint density at radius 1 is 1.29 bits per heavy atom. The van der Waals surface area contributed by atoms with Gasteiger partial charge in [-0.25, -0.2) is 13.4 Å². The summed E-state index contributed by atoms with van der Waals surface area (Å²) in [6, 6.07) is 0. The number of rotatable bonds is 3. The van der Waals surface area contributed by atoms with Crippen molar-refractivity contribution in [3.05, 3.63) is 22.6 Å². The highest BCUT2D eigenvalue weighted by Gasteiger charge is 2.22. The fourth-order valence-corrected chi connectivity index (χ4v) is 4.27. The van der Waals surface area contributed by atoms with Gasteiger partial charge in [-0.3, -0.25) is 14.8 Å². The lowest BCUT2D eigenvalue weighted by Gasteiger charge is -2.01. The summed E-state index contributed by atoms with van der Waals surface area (Å²) >= 11 is 0.818. The van der Waals surface area contributed by atoms with Gasteiger partial charge in [0, 0.05) is 23.4 Å². The Labute approximate surface area is 130 Å². The largest absolute Gasteiger partial charge is 0.298 e. The van der Waals surface area contributed by atoms with Crippen molar-refractivity contribution in [3.63, 3.8) is 0 Å². The molecule has 7 nitrogen and oxygen atoms in total. The Hall–Kier alpha value is -1.45. The first-order chi connectivity index (χ1) is 9.61. The Morgan fingerprint density at radius 2 is 1.90 bits per heavy atom. The van der Waals surface area contributed by atoms with E-state index in [9.17, 15) is 13.2 Å². The molecule has 2 rings (SSSR count). The van der Waals surface area contributed by atoms with Crippen LogP contribution in [0.15, 0.2) is 4.21 Å². The molecular formula is C11H13ClN4O3S2. The minimum absolute atomic E-state index is 0.0703. The molecule has 0 aliphatic heterocycles. The van der Waals surface area contributed by atoms with Gasteiger partial charge in [0.15, 0.2) is 9.34 Å². The van der Waals surface area contributed by atoms with Crippen LogP contribution in [0.4, 0.5) is 5.13 Å². The fraction of sp³-hybridized carbons (Fsp3) is 0.364. The van der Waals surface area contributed by atoms with E-state index in [4.69, 9.17) is 10.7 Å². The Kier molecular flexibility index (Phi) is 4.09. The lowest BCUT2D eigenvalue weighted by Crippen LogP contribution is -2.13. The zero-order valence-corrected chi connectivity index (χ0v) is 14.1. The van der Waals surface area contributed by atoms with Crippen molar-refractivity contribution in [2.75, 3.05) is 5.32 Å². The smallest absolute Gasteiger partial charge is 0.272 e. The van der Waals surface area contributed by atoms with Crippen LogP contribution in [-0.4, -0.2) is 29.1 Å². The van der Waals surface area contributed by atoms with Crippen LogP contribution in [0.3, 0.4) is 0 Å². The summed E-state index contributed by atoms with van der Waals surface area (Å²) in [6.45, 7) is 5.02. The van der Waals surface area contributed by atoms with Gasteiger partial charge in [-0.05, 0) is 20.8 Å². The Bertz CT molecular complexity index is 823. The van der Waals surface area contributed by atoms with Gasteiger partial charge >= 0.3 is 0 Å².